The number of sulfonamides is 1. The van der Waals surface area contributed by atoms with Crippen LogP contribution in [0.1, 0.15) is 10.4 Å². The number of benzene rings is 2. The average molecular weight is 390 g/mol. The SMILES string of the molecule is O=C(O)c1cncc(-c2ccc(S(=O)(=O)Nc3ccc(F)cc3F)cc2)c1. The van der Waals surface area contributed by atoms with E-state index in [2.05, 4.69) is 9.71 Å². The van der Waals surface area contributed by atoms with E-state index in [1.807, 2.05) is 0 Å². The van der Waals surface area contributed by atoms with E-state index in [4.69, 9.17) is 5.11 Å². The monoisotopic (exact) mass is 390 g/mol. The molecule has 0 aliphatic rings. The zero-order valence-electron chi connectivity index (χ0n) is 13.6. The van der Waals surface area contributed by atoms with Crippen molar-refractivity contribution in [3.63, 3.8) is 0 Å². The zero-order valence-corrected chi connectivity index (χ0v) is 14.4. The Labute approximate surface area is 153 Å². The topological polar surface area (TPSA) is 96.4 Å². The molecule has 0 spiro atoms. The minimum Gasteiger partial charge on any atom is -0.478 e. The first-order valence-corrected chi connectivity index (χ1v) is 9.01. The lowest BCUT2D eigenvalue weighted by atomic mass is 10.1. The summed E-state index contributed by atoms with van der Waals surface area (Å²) in [6.07, 6.45) is 2.65. The number of hydrogen-bond donors (Lipinski definition) is 2. The molecule has 27 heavy (non-hydrogen) atoms. The lowest BCUT2D eigenvalue weighted by Crippen LogP contribution is -2.14. The van der Waals surface area contributed by atoms with E-state index in [1.54, 1.807) is 0 Å². The predicted octanol–water partition coefficient (Wildman–Crippen LogP) is 3.53. The lowest BCUT2D eigenvalue weighted by molar-refractivity contribution is 0.0696. The molecule has 3 aromatic rings. The van der Waals surface area contributed by atoms with Crippen LogP contribution in [0.25, 0.3) is 11.1 Å². The number of nitrogens with zero attached hydrogens (tertiary/aromatic N) is 1. The summed E-state index contributed by atoms with van der Waals surface area (Å²) in [5.41, 5.74) is 0.672. The van der Waals surface area contributed by atoms with E-state index in [-0.39, 0.29) is 16.1 Å². The Hall–Kier alpha value is -3.33. The second-order valence-corrected chi connectivity index (χ2v) is 7.20. The highest BCUT2D eigenvalue weighted by Gasteiger charge is 2.17. The first kappa shape index (κ1) is 18.5. The van der Waals surface area contributed by atoms with Crippen molar-refractivity contribution in [2.45, 2.75) is 4.90 Å². The molecule has 0 radical (unpaired) electrons. The summed E-state index contributed by atoms with van der Waals surface area (Å²) in [5, 5.41) is 9.00. The number of halogens is 2. The highest BCUT2D eigenvalue weighted by Crippen LogP contribution is 2.24. The average Bonchev–Trinajstić information content (AvgIpc) is 2.64. The molecule has 2 N–H and O–H groups in total. The zero-order chi connectivity index (χ0) is 19.6. The normalized spacial score (nSPS) is 11.2. The molecule has 0 saturated carbocycles. The van der Waals surface area contributed by atoms with Gasteiger partial charge in [0, 0.05) is 24.0 Å². The molecule has 3 rings (SSSR count). The summed E-state index contributed by atoms with van der Waals surface area (Å²) >= 11 is 0. The summed E-state index contributed by atoms with van der Waals surface area (Å²) in [5.74, 6) is -2.99. The molecule has 0 aliphatic heterocycles. The van der Waals surface area contributed by atoms with Crippen LogP contribution in [-0.4, -0.2) is 24.5 Å². The fraction of sp³-hybridized carbons (Fsp3) is 0. The molecule has 0 saturated heterocycles. The number of aromatic carboxylic acids is 1. The van der Waals surface area contributed by atoms with Gasteiger partial charge >= 0.3 is 5.97 Å². The summed E-state index contributed by atoms with van der Waals surface area (Å²) in [6, 6.07) is 9.41. The molecule has 0 amide bonds. The van der Waals surface area contributed by atoms with Crippen LogP contribution in [0.2, 0.25) is 0 Å². The number of aromatic nitrogens is 1. The summed E-state index contributed by atoms with van der Waals surface area (Å²) in [6.45, 7) is 0. The number of nitrogens with one attached hydrogen (secondary N) is 1. The second-order valence-electron chi connectivity index (χ2n) is 5.52. The first-order valence-electron chi connectivity index (χ1n) is 7.53. The molecule has 0 atom stereocenters. The van der Waals surface area contributed by atoms with Crippen LogP contribution in [0, 0.1) is 11.6 Å². The van der Waals surface area contributed by atoms with Gasteiger partial charge in [0.05, 0.1) is 16.1 Å². The molecule has 2 aromatic carbocycles. The van der Waals surface area contributed by atoms with E-state index < -0.39 is 27.6 Å². The van der Waals surface area contributed by atoms with Gasteiger partial charge in [0.25, 0.3) is 10.0 Å². The molecule has 1 heterocycles. The van der Waals surface area contributed by atoms with Gasteiger partial charge < -0.3 is 5.11 Å². The van der Waals surface area contributed by atoms with Crippen LogP contribution in [0.4, 0.5) is 14.5 Å². The van der Waals surface area contributed by atoms with Crippen LogP contribution < -0.4 is 4.72 Å². The quantitative estimate of drug-likeness (QED) is 0.695. The number of anilines is 1. The van der Waals surface area contributed by atoms with Crippen LogP contribution in [0.3, 0.4) is 0 Å². The van der Waals surface area contributed by atoms with Crippen LogP contribution in [0.15, 0.2) is 65.8 Å². The van der Waals surface area contributed by atoms with Crippen molar-refractivity contribution >= 4 is 21.7 Å². The Morgan fingerprint density at radius 1 is 0.963 bits per heavy atom. The minimum atomic E-state index is -4.09. The van der Waals surface area contributed by atoms with Crippen LogP contribution >= 0.6 is 0 Å². The van der Waals surface area contributed by atoms with Gasteiger partial charge in [-0.3, -0.25) is 9.71 Å². The van der Waals surface area contributed by atoms with Crippen LogP contribution in [0.5, 0.6) is 0 Å². The molecule has 138 valence electrons. The summed E-state index contributed by atoms with van der Waals surface area (Å²) in [7, 11) is -4.09. The van der Waals surface area contributed by atoms with Gasteiger partial charge in [0.2, 0.25) is 0 Å². The smallest absolute Gasteiger partial charge is 0.337 e. The van der Waals surface area contributed by atoms with Gasteiger partial charge in [-0.2, -0.15) is 0 Å². The van der Waals surface area contributed by atoms with Crippen molar-refractivity contribution in [2.24, 2.45) is 0 Å². The third-order valence-corrected chi connectivity index (χ3v) is 5.04. The Morgan fingerprint density at radius 3 is 2.30 bits per heavy atom. The first-order chi connectivity index (χ1) is 12.8. The Bertz CT molecular complexity index is 1120. The van der Waals surface area contributed by atoms with Crippen LogP contribution in [-0.2, 0) is 10.0 Å². The maximum absolute atomic E-state index is 13.7. The van der Waals surface area contributed by atoms with Crippen molar-refractivity contribution in [2.75, 3.05) is 4.72 Å². The number of hydrogen-bond acceptors (Lipinski definition) is 4. The Kier molecular flexibility index (Phi) is 4.87. The Morgan fingerprint density at radius 2 is 1.67 bits per heavy atom. The number of carbonyl (C=O) groups is 1. The van der Waals surface area contributed by atoms with E-state index >= 15 is 0 Å². The van der Waals surface area contributed by atoms with Gasteiger partial charge in [0.15, 0.2) is 0 Å². The predicted molar refractivity (Wildman–Crippen MR) is 93.8 cm³/mol. The fourth-order valence-corrected chi connectivity index (χ4v) is 3.38. The largest absolute Gasteiger partial charge is 0.478 e. The van der Waals surface area contributed by atoms with Gasteiger partial charge in [0.1, 0.15) is 11.6 Å². The molecule has 0 unspecified atom stereocenters. The molecule has 9 heteroatoms. The standard InChI is InChI=1S/C18H12F2N2O4S/c19-14-3-6-17(16(20)8-14)22-27(25,26)15-4-1-11(2-5-15)12-7-13(18(23)24)10-21-9-12/h1-10,22H,(H,23,24). The molecular formula is C18H12F2N2O4S. The van der Waals surface area contributed by atoms with Crippen molar-refractivity contribution < 1.29 is 27.1 Å². The number of rotatable bonds is 5. The van der Waals surface area contributed by atoms with Gasteiger partial charge in [-0.05, 0) is 35.9 Å². The lowest BCUT2D eigenvalue weighted by Gasteiger charge is -2.10. The van der Waals surface area contributed by atoms with E-state index in [9.17, 15) is 22.0 Å². The van der Waals surface area contributed by atoms with E-state index in [0.29, 0.717) is 17.2 Å². The molecule has 0 fully saturated rings. The third kappa shape index (κ3) is 4.09. The fourth-order valence-electron chi connectivity index (χ4n) is 2.32. The van der Waals surface area contributed by atoms with Crippen molar-refractivity contribution in [1.82, 2.24) is 4.98 Å². The highest BCUT2D eigenvalue weighted by molar-refractivity contribution is 7.92. The number of pyridine rings is 1. The minimum absolute atomic E-state index is 0.00218. The number of carboxylic acids is 1. The third-order valence-electron chi connectivity index (χ3n) is 3.66. The Balaban J connectivity index is 1.88. The summed E-state index contributed by atoms with van der Waals surface area (Å²) < 4.78 is 53.4. The van der Waals surface area contributed by atoms with E-state index in [0.717, 1.165) is 12.1 Å². The van der Waals surface area contributed by atoms with Crippen molar-refractivity contribution in [3.05, 3.63) is 78.1 Å². The maximum Gasteiger partial charge on any atom is 0.337 e. The highest BCUT2D eigenvalue weighted by atomic mass is 32.2. The molecule has 1 aromatic heterocycles. The van der Waals surface area contributed by atoms with Crippen molar-refractivity contribution in [1.29, 1.82) is 0 Å². The molecule has 0 bridgehead atoms. The van der Waals surface area contributed by atoms with Crippen molar-refractivity contribution in [3.8, 4) is 11.1 Å². The van der Waals surface area contributed by atoms with Gasteiger partial charge in [-0.25, -0.2) is 22.0 Å². The van der Waals surface area contributed by atoms with Gasteiger partial charge in [-0.15, -0.1) is 0 Å². The summed E-state index contributed by atoms with van der Waals surface area (Å²) in [4.78, 5) is 14.7. The van der Waals surface area contributed by atoms with Gasteiger partial charge in [-0.1, -0.05) is 12.1 Å². The molecule has 0 aliphatic carbocycles. The maximum atomic E-state index is 13.7. The molecular weight excluding hydrogens is 378 g/mol. The molecule has 6 nitrogen and oxygen atoms in total. The second kappa shape index (κ2) is 7.12. The van der Waals surface area contributed by atoms with E-state index in [1.165, 1.54) is 42.7 Å². The number of carboxylic acid groups (broad SMARTS) is 1.